The Kier molecular flexibility index (Phi) is 3.35. The van der Waals surface area contributed by atoms with Gasteiger partial charge in [0, 0.05) is 6.04 Å². The third kappa shape index (κ3) is 3.27. The predicted octanol–water partition coefficient (Wildman–Crippen LogP) is 1.36. The van der Waals surface area contributed by atoms with E-state index in [4.69, 9.17) is 0 Å². The summed E-state index contributed by atoms with van der Waals surface area (Å²) in [6.07, 6.45) is 4.58. The average Bonchev–Trinajstić information content (AvgIpc) is 1.96. The third-order valence-corrected chi connectivity index (χ3v) is 3.80. The van der Waals surface area contributed by atoms with Gasteiger partial charge in [0.2, 0.25) is 10.0 Å². The molecule has 0 spiro atoms. The van der Waals surface area contributed by atoms with Gasteiger partial charge in [-0.05, 0) is 18.3 Å². The van der Waals surface area contributed by atoms with Gasteiger partial charge in [-0.2, -0.15) is 0 Å². The van der Waals surface area contributed by atoms with Crippen LogP contribution in [0.3, 0.4) is 0 Å². The van der Waals surface area contributed by atoms with E-state index in [-0.39, 0.29) is 6.04 Å². The summed E-state index contributed by atoms with van der Waals surface area (Å²) in [5.41, 5.74) is 0. The van der Waals surface area contributed by atoms with Gasteiger partial charge in [-0.1, -0.05) is 26.7 Å². The molecule has 0 bridgehead atoms. The van der Waals surface area contributed by atoms with Gasteiger partial charge in [0.1, 0.15) is 0 Å². The van der Waals surface area contributed by atoms with Crippen LogP contribution in [0.2, 0.25) is 0 Å². The number of hydrogen-bond donors (Lipinski definition) is 1. The SMILES string of the molecule is CC1CCCC(NS(C)(=O)=O)C1C. The highest BCUT2D eigenvalue weighted by Gasteiger charge is 2.28. The molecule has 1 saturated carbocycles. The molecule has 1 aliphatic rings. The maximum Gasteiger partial charge on any atom is 0.208 e. The molecule has 4 heteroatoms. The minimum Gasteiger partial charge on any atom is -0.213 e. The van der Waals surface area contributed by atoms with Crippen molar-refractivity contribution in [3.63, 3.8) is 0 Å². The maximum atomic E-state index is 11.0. The zero-order chi connectivity index (χ0) is 10.1. The van der Waals surface area contributed by atoms with E-state index in [1.54, 1.807) is 0 Å². The molecule has 0 aliphatic heterocycles. The number of nitrogens with one attached hydrogen (secondary N) is 1. The minimum absolute atomic E-state index is 0.152. The van der Waals surface area contributed by atoms with E-state index < -0.39 is 10.0 Å². The molecular formula is C9H19NO2S. The highest BCUT2D eigenvalue weighted by atomic mass is 32.2. The van der Waals surface area contributed by atoms with E-state index in [1.165, 1.54) is 12.7 Å². The summed E-state index contributed by atoms with van der Waals surface area (Å²) < 4.78 is 24.8. The van der Waals surface area contributed by atoms with E-state index in [9.17, 15) is 8.42 Å². The fourth-order valence-electron chi connectivity index (χ4n) is 2.02. The van der Waals surface area contributed by atoms with Gasteiger partial charge in [-0.15, -0.1) is 0 Å². The van der Waals surface area contributed by atoms with Crippen molar-refractivity contribution in [1.29, 1.82) is 0 Å². The van der Waals surface area contributed by atoms with Crippen LogP contribution in [-0.2, 0) is 10.0 Å². The molecule has 1 rings (SSSR count). The molecule has 0 aromatic carbocycles. The van der Waals surface area contributed by atoms with Crippen molar-refractivity contribution in [3.05, 3.63) is 0 Å². The van der Waals surface area contributed by atoms with Crippen LogP contribution in [0.25, 0.3) is 0 Å². The lowest BCUT2D eigenvalue weighted by molar-refractivity contribution is 0.227. The summed E-state index contributed by atoms with van der Waals surface area (Å²) in [6, 6.07) is 0.152. The lowest BCUT2D eigenvalue weighted by atomic mass is 9.78. The maximum absolute atomic E-state index is 11.0. The van der Waals surface area contributed by atoms with Crippen LogP contribution in [0.5, 0.6) is 0 Å². The first-order chi connectivity index (χ1) is 5.90. The van der Waals surface area contributed by atoms with Crippen LogP contribution in [0.15, 0.2) is 0 Å². The van der Waals surface area contributed by atoms with E-state index in [2.05, 4.69) is 18.6 Å². The quantitative estimate of drug-likeness (QED) is 0.740. The highest BCUT2D eigenvalue weighted by Crippen LogP contribution is 2.29. The summed E-state index contributed by atoms with van der Waals surface area (Å²) in [7, 11) is -3.03. The summed E-state index contributed by atoms with van der Waals surface area (Å²) in [5, 5.41) is 0. The third-order valence-electron chi connectivity index (χ3n) is 3.07. The van der Waals surface area contributed by atoms with Gasteiger partial charge in [0.25, 0.3) is 0 Å². The van der Waals surface area contributed by atoms with Crippen molar-refractivity contribution >= 4 is 10.0 Å². The molecule has 1 N–H and O–H groups in total. The lowest BCUT2D eigenvalue weighted by Crippen LogP contribution is -2.43. The molecular weight excluding hydrogens is 186 g/mol. The summed E-state index contributed by atoms with van der Waals surface area (Å²) in [4.78, 5) is 0. The highest BCUT2D eigenvalue weighted by molar-refractivity contribution is 7.88. The van der Waals surface area contributed by atoms with Crippen LogP contribution in [-0.4, -0.2) is 20.7 Å². The molecule has 3 unspecified atom stereocenters. The lowest BCUT2D eigenvalue weighted by Gasteiger charge is -2.33. The largest absolute Gasteiger partial charge is 0.213 e. The topological polar surface area (TPSA) is 46.2 Å². The van der Waals surface area contributed by atoms with E-state index >= 15 is 0 Å². The normalized spacial score (nSPS) is 36.1. The van der Waals surface area contributed by atoms with Crippen LogP contribution in [0.4, 0.5) is 0 Å². The summed E-state index contributed by atoms with van der Waals surface area (Å²) in [5.74, 6) is 1.09. The Labute approximate surface area is 81.0 Å². The molecule has 0 aromatic heterocycles. The Morgan fingerprint density at radius 2 is 1.85 bits per heavy atom. The van der Waals surface area contributed by atoms with Gasteiger partial charge in [0.05, 0.1) is 6.26 Å². The number of hydrogen-bond acceptors (Lipinski definition) is 2. The Bertz CT molecular complexity index is 261. The number of sulfonamides is 1. The van der Waals surface area contributed by atoms with Crippen molar-refractivity contribution in [2.75, 3.05) is 6.26 Å². The van der Waals surface area contributed by atoms with Crippen LogP contribution in [0, 0.1) is 11.8 Å². The van der Waals surface area contributed by atoms with Crippen molar-refractivity contribution in [2.24, 2.45) is 11.8 Å². The fraction of sp³-hybridized carbons (Fsp3) is 1.00. The molecule has 3 atom stereocenters. The molecule has 3 nitrogen and oxygen atoms in total. The second kappa shape index (κ2) is 3.96. The zero-order valence-corrected chi connectivity index (χ0v) is 9.39. The second-order valence-corrected chi connectivity index (χ2v) is 6.04. The first-order valence-electron chi connectivity index (χ1n) is 4.87. The minimum atomic E-state index is -3.03. The summed E-state index contributed by atoms with van der Waals surface area (Å²) in [6.45, 7) is 4.33. The molecule has 0 saturated heterocycles. The Balaban J connectivity index is 2.59. The monoisotopic (exact) mass is 205 g/mol. The van der Waals surface area contributed by atoms with E-state index in [0.29, 0.717) is 11.8 Å². The molecule has 78 valence electrons. The predicted molar refractivity (Wildman–Crippen MR) is 53.9 cm³/mol. The molecule has 0 aromatic rings. The standard InChI is InChI=1S/C9H19NO2S/c1-7-5-4-6-9(8(7)2)10-13(3,11)12/h7-10H,4-6H2,1-3H3. The van der Waals surface area contributed by atoms with Crippen molar-refractivity contribution in [1.82, 2.24) is 4.72 Å². The van der Waals surface area contributed by atoms with Crippen molar-refractivity contribution in [3.8, 4) is 0 Å². The first kappa shape index (κ1) is 11.0. The van der Waals surface area contributed by atoms with Gasteiger partial charge in [0.15, 0.2) is 0 Å². The van der Waals surface area contributed by atoms with Crippen LogP contribution < -0.4 is 4.72 Å². The first-order valence-corrected chi connectivity index (χ1v) is 6.76. The van der Waals surface area contributed by atoms with Gasteiger partial charge in [-0.25, -0.2) is 13.1 Å². The second-order valence-electron chi connectivity index (χ2n) is 4.26. The molecule has 1 fully saturated rings. The van der Waals surface area contributed by atoms with Gasteiger partial charge in [-0.3, -0.25) is 0 Å². The van der Waals surface area contributed by atoms with Gasteiger partial charge < -0.3 is 0 Å². The number of rotatable bonds is 2. The summed E-state index contributed by atoms with van der Waals surface area (Å²) >= 11 is 0. The Morgan fingerprint density at radius 3 is 2.38 bits per heavy atom. The Hall–Kier alpha value is -0.0900. The van der Waals surface area contributed by atoms with Crippen LogP contribution in [0.1, 0.15) is 33.1 Å². The van der Waals surface area contributed by atoms with Gasteiger partial charge >= 0.3 is 0 Å². The fourth-order valence-corrected chi connectivity index (χ4v) is 2.91. The molecule has 0 radical (unpaired) electrons. The van der Waals surface area contributed by atoms with Crippen LogP contribution >= 0.6 is 0 Å². The van der Waals surface area contributed by atoms with Crippen molar-refractivity contribution < 1.29 is 8.42 Å². The van der Waals surface area contributed by atoms with E-state index in [1.807, 2.05) is 0 Å². The molecule has 1 aliphatic carbocycles. The zero-order valence-electron chi connectivity index (χ0n) is 8.58. The smallest absolute Gasteiger partial charge is 0.208 e. The Morgan fingerprint density at radius 1 is 1.23 bits per heavy atom. The molecule has 0 amide bonds. The molecule has 0 heterocycles. The van der Waals surface area contributed by atoms with E-state index in [0.717, 1.165) is 12.8 Å². The van der Waals surface area contributed by atoms with Crippen molar-refractivity contribution in [2.45, 2.75) is 39.2 Å². The average molecular weight is 205 g/mol. The molecule has 13 heavy (non-hydrogen) atoms.